The molecule has 0 saturated heterocycles. The Bertz CT molecular complexity index is 658. The van der Waals surface area contributed by atoms with Crippen molar-refractivity contribution in [2.45, 2.75) is 31.1 Å². The zero-order valence-electron chi connectivity index (χ0n) is 12.9. The predicted molar refractivity (Wildman–Crippen MR) is 85.3 cm³/mol. The number of alkyl halides is 2. The SMILES string of the molecule is NC(O)(CCc1ccc(OCc2ccccc2)cc1)C(F)(F)[C]=O. The molecule has 0 aliphatic heterocycles. The summed E-state index contributed by atoms with van der Waals surface area (Å²) >= 11 is 0. The van der Waals surface area contributed by atoms with Crippen molar-refractivity contribution in [3.8, 4) is 5.75 Å². The highest BCUT2D eigenvalue weighted by molar-refractivity contribution is 5.62. The highest BCUT2D eigenvalue weighted by Gasteiger charge is 2.50. The van der Waals surface area contributed by atoms with Crippen LogP contribution < -0.4 is 10.5 Å². The zero-order chi connectivity index (χ0) is 17.6. The van der Waals surface area contributed by atoms with E-state index in [1.807, 2.05) is 30.3 Å². The van der Waals surface area contributed by atoms with Crippen molar-refractivity contribution >= 4 is 6.29 Å². The molecule has 4 nitrogen and oxygen atoms in total. The fourth-order valence-corrected chi connectivity index (χ4v) is 2.07. The molecule has 1 unspecified atom stereocenters. The molecule has 0 fully saturated rings. The van der Waals surface area contributed by atoms with Gasteiger partial charge in [-0.2, -0.15) is 8.78 Å². The fourth-order valence-electron chi connectivity index (χ4n) is 2.07. The molecule has 0 aliphatic rings. The minimum absolute atomic E-state index is 0.0865. The first-order valence-corrected chi connectivity index (χ1v) is 7.38. The van der Waals surface area contributed by atoms with Gasteiger partial charge < -0.3 is 9.84 Å². The number of aryl methyl sites for hydroxylation is 1. The van der Waals surface area contributed by atoms with Gasteiger partial charge in [0.1, 0.15) is 12.4 Å². The van der Waals surface area contributed by atoms with E-state index in [0.717, 1.165) is 5.56 Å². The lowest BCUT2D eigenvalue weighted by Crippen LogP contribution is -2.56. The Kier molecular flexibility index (Phi) is 5.64. The van der Waals surface area contributed by atoms with Gasteiger partial charge in [-0.15, -0.1) is 0 Å². The molecule has 0 aromatic heterocycles. The largest absolute Gasteiger partial charge is 0.489 e. The van der Waals surface area contributed by atoms with Crippen molar-refractivity contribution in [3.05, 3.63) is 65.7 Å². The fraction of sp³-hybridized carbons (Fsp3) is 0.278. The van der Waals surface area contributed by atoms with Gasteiger partial charge in [-0.25, -0.2) is 0 Å². The molecule has 1 radical (unpaired) electrons. The molecule has 0 aliphatic carbocycles. The van der Waals surface area contributed by atoms with Crippen LogP contribution in [0.15, 0.2) is 54.6 Å². The van der Waals surface area contributed by atoms with Crippen LogP contribution in [0.5, 0.6) is 5.75 Å². The van der Waals surface area contributed by atoms with Crippen molar-refractivity contribution in [1.82, 2.24) is 0 Å². The molecule has 0 spiro atoms. The maximum atomic E-state index is 13.1. The second-order valence-corrected chi connectivity index (χ2v) is 5.52. The van der Waals surface area contributed by atoms with Crippen molar-refractivity contribution in [3.63, 3.8) is 0 Å². The lowest BCUT2D eigenvalue weighted by Gasteiger charge is -2.27. The lowest BCUT2D eigenvalue weighted by molar-refractivity contribution is -0.137. The Morgan fingerprint density at radius 1 is 1.04 bits per heavy atom. The standard InChI is InChI=1S/C18H18F2NO3/c19-17(20,13-22)18(21,23)11-10-14-6-8-16(9-7-14)24-12-15-4-2-1-3-5-15/h1-9,23H,10-12,21H2. The van der Waals surface area contributed by atoms with E-state index in [9.17, 15) is 18.7 Å². The molecule has 2 aromatic carbocycles. The number of aliphatic hydroxyl groups is 1. The van der Waals surface area contributed by atoms with Crippen LogP contribution in [0.4, 0.5) is 8.78 Å². The molecule has 0 saturated carbocycles. The Hall–Kier alpha value is -2.31. The summed E-state index contributed by atoms with van der Waals surface area (Å²) in [4.78, 5) is 10.2. The van der Waals surface area contributed by atoms with Crippen molar-refractivity contribution < 1.29 is 23.4 Å². The maximum Gasteiger partial charge on any atom is 0.353 e. The second-order valence-electron chi connectivity index (χ2n) is 5.52. The van der Waals surface area contributed by atoms with Gasteiger partial charge in [-0.1, -0.05) is 42.5 Å². The number of hydrogen-bond acceptors (Lipinski definition) is 4. The molecular formula is C18H18F2NO3. The molecule has 6 heteroatoms. The average Bonchev–Trinajstić information content (AvgIpc) is 2.60. The van der Waals surface area contributed by atoms with Crippen LogP contribution in [-0.4, -0.2) is 23.0 Å². The van der Waals surface area contributed by atoms with Gasteiger partial charge in [0.25, 0.3) is 6.29 Å². The number of hydrogen-bond donors (Lipinski definition) is 2. The highest BCUT2D eigenvalue weighted by atomic mass is 19.3. The average molecular weight is 334 g/mol. The van der Waals surface area contributed by atoms with E-state index in [1.165, 1.54) is 0 Å². The summed E-state index contributed by atoms with van der Waals surface area (Å²) in [5.74, 6) is -3.47. The minimum atomic E-state index is -4.11. The first-order chi connectivity index (χ1) is 11.3. The third kappa shape index (κ3) is 4.59. The summed E-state index contributed by atoms with van der Waals surface area (Å²) in [5, 5.41) is 9.51. The number of carbonyl (C=O) groups excluding carboxylic acids is 1. The predicted octanol–water partition coefficient (Wildman–Crippen LogP) is 2.59. The molecule has 1 atom stereocenters. The van der Waals surface area contributed by atoms with Crippen LogP contribution in [0.25, 0.3) is 0 Å². The van der Waals surface area contributed by atoms with Gasteiger partial charge in [0.2, 0.25) is 0 Å². The molecule has 0 amide bonds. The third-order valence-electron chi connectivity index (χ3n) is 3.64. The number of halogens is 2. The third-order valence-corrected chi connectivity index (χ3v) is 3.64. The molecular weight excluding hydrogens is 316 g/mol. The minimum Gasteiger partial charge on any atom is -0.489 e. The van der Waals surface area contributed by atoms with Crippen LogP contribution in [-0.2, 0) is 17.8 Å². The Labute approximate surface area is 138 Å². The maximum absolute atomic E-state index is 13.1. The van der Waals surface area contributed by atoms with Crippen molar-refractivity contribution in [1.29, 1.82) is 0 Å². The molecule has 0 heterocycles. The van der Waals surface area contributed by atoms with E-state index < -0.39 is 18.1 Å². The summed E-state index contributed by atoms with van der Waals surface area (Å²) in [5.41, 5.74) is 3.91. The highest BCUT2D eigenvalue weighted by Crippen LogP contribution is 2.27. The zero-order valence-corrected chi connectivity index (χ0v) is 12.9. The van der Waals surface area contributed by atoms with Gasteiger partial charge in [-0.05, 0) is 29.7 Å². The monoisotopic (exact) mass is 334 g/mol. The quantitative estimate of drug-likeness (QED) is 0.728. The Morgan fingerprint density at radius 3 is 2.25 bits per heavy atom. The number of rotatable bonds is 8. The number of benzene rings is 2. The second kappa shape index (κ2) is 7.51. The van der Waals surface area contributed by atoms with E-state index in [1.54, 1.807) is 24.3 Å². The lowest BCUT2D eigenvalue weighted by atomic mass is 9.98. The molecule has 3 N–H and O–H groups in total. The van der Waals surface area contributed by atoms with Gasteiger partial charge in [0.05, 0.1) is 0 Å². The van der Waals surface area contributed by atoms with Gasteiger partial charge in [0, 0.05) is 6.42 Å². The van der Waals surface area contributed by atoms with Crippen LogP contribution in [0.3, 0.4) is 0 Å². The molecule has 2 aromatic rings. The molecule has 2 rings (SSSR count). The van der Waals surface area contributed by atoms with Crippen LogP contribution in [0.2, 0.25) is 0 Å². The first kappa shape index (κ1) is 18.0. The number of nitrogens with two attached hydrogens (primary N) is 1. The summed E-state index contributed by atoms with van der Waals surface area (Å²) in [7, 11) is 0. The van der Waals surface area contributed by atoms with Gasteiger partial charge >= 0.3 is 5.92 Å². The topological polar surface area (TPSA) is 72.6 Å². The molecule has 24 heavy (non-hydrogen) atoms. The van der Waals surface area contributed by atoms with Crippen molar-refractivity contribution in [2.75, 3.05) is 0 Å². The summed E-state index contributed by atoms with van der Waals surface area (Å²) in [6.07, 6.45) is 0.0947. The normalized spacial score (nSPS) is 14.0. The van der Waals surface area contributed by atoms with E-state index in [2.05, 4.69) is 0 Å². The molecule has 0 bridgehead atoms. The van der Waals surface area contributed by atoms with Crippen LogP contribution in [0, 0.1) is 0 Å². The van der Waals surface area contributed by atoms with Crippen LogP contribution in [0.1, 0.15) is 17.5 Å². The summed E-state index contributed by atoms with van der Waals surface area (Å²) < 4.78 is 31.9. The van der Waals surface area contributed by atoms with E-state index in [4.69, 9.17) is 10.5 Å². The summed E-state index contributed by atoms with van der Waals surface area (Å²) in [6.45, 7) is 0.421. The Morgan fingerprint density at radius 2 is 1.67 bits per heavy atom. The van der Waals surface area contributed by atoms with Crippen molar-refractivity contribution in [2.24, 2.45) is 5.73 Å². The Balaban J connectivity index is 1.89. The van der Waals surface area contributed by atoms with E-state index >= 15 is 0 Å². The molecule has 127 valence electrons. The van der Waals surface area contributed by atoms with E-state index in [0.29, 0.717) is 24.2 Å². The van der Waals surface area contributed by atoms with Crippen LogP contribution >= 0.6 is 0 Å². The smallest absolute Gasteiger partial charge is 0.353 e. The number of ether oxygens (including phenoxy) is 1. The van der Waals surface area contributed by atoms with E-state index in [-0.39, 0.29) is 6.42 Å². The van der Waals surface area contributed by atoms with Gasteiger partial charge in [-0.3, -0.25) is 10.5 Å². The van der Waals surface area contributed by atoms with Gasteiger partial charge in [0.15, 0.2) is 5.72 Å². The first-order valence-electron chi connectivity index (χ1n) is 7.38. The summed E-state index contributed by atoms with van der Waals surface area (Å²) in [6, 6.07) is 16.4.